The fourth-order valence-corrected chi connectivity index (χ4v) is 1.96. The molecule has 4 heteroatoms. The van der Waals surface area contributed by atoms with Crippen molar-refractivity contribution in [1.82, 2.24) is 4.98 Å². The number of hydrogen-bond acceptors (Lipinski definition) is 3. The molecule has 1 aromatic carbocycles. The number of ether oxygens (including phenoxy) is 1. The molecule has 0 saturated carbocycles. The van der Waals surface area contributed by atoms with Crippen molar-refractivity contribution in [3.8, 4) is 11.5 Å². The number of pyridine rings is 1. The Labute approximate surface area is 118 Å². The van der Waals surface area contributed by atoms with Gasteiger partial charge in [0.25, 0.3) is 0 Å². The van der Waals surface area contributed by atoms with E-state index in [9.17, 15) is 9.90 Å². The van der Waals surface area contributed by atoms with Gasteiger partial charge in [-0.3, -0.25) is 4.98 Å². The van der Waals surface area contributed by atoms with E-state index in [0.29, 0.717) is 11.5 Å². The third-order valence-electron chi connectivity index (χ3n) is 2.99. The van der Waals surface area contributed by atoms with E-state index >= 15 is 0 Å². The molecule has 1 N–H and O–H groups in total. The molecule has 0 aliphatic heterocycles. The van der Waals surface area contributed by atoms with Gasteiger partial charge in [0.05, 0.1) is 5.69 Å². The Morgan fingerprint density at radius 3 is 2.55 bits per heavy atom. The number of benzene rings is 1. The van der Waals surface area contributed by atoms with Gasteiger partial charge in [-0.1, -0.05) is 18.6 Å². The highest BCUT2D eigenvalue weighted by Gasteiger charge is 2.14. The summed E-state index contributed by atoms with van der Waals surface area (Å²) in [7, 11) is 0. The highest BCUT2D eigenvalue weighted by molar-refractivity contribution is 5.91. The van der Waals surface area contributed by atoms with E-state index in [1.807, 2.05) is 39.0 Å². The van der Waals surface area contributed by atoms with Gasteiger partial charge in [0, 0.05) is 5.69 Å². The van der Waals surface area contributed by atoms with Gasteiger partial charge < -0.3 is 9.84 Å². The summed E-state index contributed by atoms with van der Waals surface area (Å²) in [5, 5.41) is 9.24. The number of aryl methyl sites for hydroxylation is 3. The van der Waals surface area contributed by atoms with Crippen molar-refractivity contribution in [2.24, 2.45) is 0 Å². The minimum Gasteiger partial charge on any atom is -0.478 e. The lowest BCUT2D eigenvalue weighted by atomic mass is 10.1. The molecular weight excluding hydrogens is 254 g/mol. The number of hydrogen-bond donors (Lipinski definition) is 1. The topological polar surface area (TPSA) is 59.4 Å². The highest BCUT2D eigenvalue weighted by atomic mass is 16.5. The number of carboxylic acid groups (broad SMARTS) is 1. The zero-order chi connectivity index (χ0) is 14.7. The van der Waals surface area contributed by atoms with Crippen LogP contribution in [0.5, 0.6) is 11.5 Å². The maximum atomic E-state index is 11.3. The average Bonchev–Trinajstić information content (AvgIpc) is 2.42. The van der Waals surface area contributed by atoms with E-state index in [-0.39, 0.29) is 5.56 Å². The number of aromatic nitrogens is 1. The molecule has 0 radical (unpaired) electrons. The van der Waals surface area contributed by atoms with E-state index in [1.54, 1.807) is 12.1 Å². The molecule has 0 amide bonds. The first-order valence-electron chi connectivity index (χ1n) is 6.49. The number of carboxylic acids is 1. The van der Waals surface area contributed by atoms with Gasteiger partial charge in [-0.15, -0.1) is 0 Å². The summed E-state index contributed by atoms with van der Waals surface area (Å²) in [5.74, 6) is -0.0604. The minimum absolute atomic E-state index is 0.160. The second-order valence-electron chi connectivity index (χ2n) is 4.66. The SMILES string of the molecule is CCc1nc(C)ccc1Oc1ccc(C)cc1C(=O)O. The fraction of sp³-hybridized carbons (Fsp3) is 0.250. The van der Waals surface area contributed by atoms with Crippen LogP contribution in [0.3, 0.4) is 0 Å². The van der Waals surface area contributed by atoms with Crippen LogP contribution in [0.25, 0.3) is 0 Å². The van der Waals surface area contributed by atoms with E-state index in [1.165, 1.54) is 0 Å². The van der Waals surface area contributed by atoms with Crippen LogP contribution >= 0.6 is 0 Å². The van der Waals surface area contributed by atoms with Crippen LogP contribution in [0, 0.1) is 13.8 Å². The molecule has 0 fully saturated rings. The lowest BCUT2D eigenvalue weighted by Gasteiger charge is -2.12. The van der Waals surface area contributed by atoms with Crippen molar-refractivity contribution >= 4 is 5.97 Å². The number of rotatable bonds is 4. The molecule has 0 aliphatic rings. The van der Waals surface area contributed by atoms with Crippen LogP contribution in [-0.2, 0) is 6.42 Å². The summed E-state index contributed by atoms with van der Waals surface area (Å²) in [6.07, 6.45) is 0.727. The lowest BCUT2D eigenvalue weighted by Crippen LogP contribution is -2.02. The van der Waals surface area contributed by atoms with E-state index in [4.69, 9.17) is 4.74 Å². The minimum atomic E-state index is -0.998. The molecule has 0 spiro atoms. The van der Waals surface area contributed by atoms with Crippen LogP contribution in [0.2, 0.25) is 0 Å². The summed E-state index contributed by atoms with van der Waals surface area (Å²) in [6, 6.07) is 8.79. The standard InChI is InChI=1S/C16H17NO3/c1-4-13-15(8-6-11(3)17-13)20-14-7-5-10(2)9-12(14)16(18)19/h5-9H,4H2,1-3H3,(H,18,19). The van der Waals surface area contributed by atoms with Crippen molar-refractivity contribution in [2.45, 2.75) is 27.2 Å². The molecule has 4 nitrogen and oxygen atoms in total. The quantitative estimate of drug-likeness (QED) is 0.920. The van der Waals surface area contributed by atoms with Crippen molar-refractivity contribution in [3.63, 3.8) is 0 Å². The van der Waals surface area contributed by atoms with Crippen LogP contribution in [0.1, 0.15) is 34.2 Å². The van der Waals surface area contributed by atoms with Crippen molar-refractivity contribution in [2.75, 3.05) is 0 Å². The molecule has 0 aliphatic carbocycles. The Hall–Kier alpha value is -2.36. The first-order valence-corrected chi connectivity index (χ1v) is 6.49. The summed E-state index contributed by atoms with van der Waals surface area (Å²) >= 11 is 0. The van der Waals surface area contributed by atoms with E-state index in [0.717, 1.165) is 23.4 Å². The molecular formula is C16H17NO3. The Bertz CT molecular complexity index is 650. The maximum absolute atomic E-state index is 11.3. The lowest BCUT2D eigenvalue weighted by molar-refractivity contribution is 0.0694. The molecule has 0 unspecified atom stereocenters. The van der Waals surface area contributed by atoms with Gasteiger partial charge in [-0.2, -0.15) is 0 Å². The Morgan fingerprint density at radius 2 is 1.90 bits per heavy atom. The first kappa shape index (κ1) is 14.1. The van der Waals surface area contributed by atoms with E-state index in [2.05, 4.69) is 4.98 Å². The van der Waals surface area contributed by atoms with Crippen molar-refractivity contribution in [3.05, 3.63) is 52.8 Å². The van der Waals surface area contributed by atoms with Crippen molar-refractivity contribution < 1.29 is 14.6 Å². The zero-order valence-corrected chi connectivity index (χ0v) is 11.8. The second-order valence-corrected chi connectivity index (χ2v) is 4.66. The average molecular weight is 271 g/mol. The molecule has 0 saturated heterocycles. The highest BCUT2D eigenvalue weighted by Crippen LogP contribution is 2.28. The monoisotopic (exact) mass is 271 g/mol. The predicted molar refractivity (Wildman–Crippen MR) is 76.6 cm³/mol. The zero-order valence-electron chi connectivity index (χ0n) is 11.8. The van der Waals surface area contributed by atoms with Gasteiger partial charge in [-0.25, -0.2) is 4.79 Å². The van der Waals surface area contributed by atoms with Crippen LogP contribution in [0.4, 0.5) is 0 Å². The Morgan fingerprint density at radius 1 is 1.20 bits per heavy atom. The van der Waals surface area contributed by atoms with Crippen LogP contribution in [0.15, 0.2) is 30.3 Å². The summed E-state index contributed by atoms with van der Waals surface area (Å²) < 4.78 is 5.76. The number of carbonyl (C=O) groups is 1. The normalized spacial score (nSPS) is 10.3. The van der Waals surface area contributed by atoms with Crippen LogP contribution in [-0.4, -0.2) is 16.1 Å². The van der Waals surface area contributed by atoms with Crippen LogP contribution < -0.4 is 4.74 Å². The third kappa shape index (κ3) is 2.96. The van der Waals surface area contributed by atoms with Gasteiger partial charge in [-0.05, 0) is 44.5 Å². The largest absolute Gasteiger partial charge is 0.478 e. The Balaban J connectivity index is 2.42. The molecule has 2 rings (SSSR count). The number of nitrogens with zero attached hydrogens (tertiary/aromatic N) is 1. The van der Waals surface area contributed by atoms with Gasteiger partial charge in [0.15, 0.2) is 0 Å². The van der Waals surface area contributed by atoms with E-state index < -0.39 is 5.97 Å². The molecule has 1 aromatic heterocycles. The van der Waals surface area contributed by atoms with Gasteiger partial charge in [0.2, 0.25) is 0 Å². The fourth-order valence-electron chi connectivity index (χ4n) is 1.96. The Kier molecular flexibility index (Phi) is 4.03. The maximum Gasteiger partial charge on any atom is 0.339 e. The molecule has 104 valence electrons. The summed E-state index contributed by atoms with van der Waals surface area (Å²) in [4.78, 5) is 15.7. The summed E-state index contributed by atoms with van der Waals surface area (Å²) in [6.45, 7) is 5.75. The summed E-state index contributed by atoms with van der Waals surface area (Å²) in [5.41, 5.74) is 2.78. The predicted octanol–water partition coefficient (Wildman–Crippen LogP) is 3.75. The molecule has 1 heterocycles. The second kappa shape index (κ2) is 5.74. The third-order valence-corrected chi connectivity index (χ3v) is 2.99. The van der Waals surface area contributed by atoms with Gasteiger partial charge in [0.1, 0.15) is 17.1 Å². The molecule has 0 bridgehead atoms. The first-order chi connectivity index (χ1) is 9.51. The smallest absolute Gasteiger partial charge is 0.339 e. The molecule has 0 atom stereocenters. The molecule has 2 aromatic rings. The van der Waals surface area contributed by atoms with Crippen molar-refractivity contribution in [1.29, 1.82) is 0 Å². The van der Waals surface area contributed by atoms with Gasteiger partial charge >= 0.3 is 5.97 Å². The number of aromatic carboxylic acids is 1. The molecule has 20 heavy (non-hydrogen) atoms.